The maximum atomic E-state index is 14.3. The normalized spacial score (nSPS) is 27.1. The van der Waals surface area contributed by atoms with Crippen molar-refractivity contribution >= 4 is 17.4 Å². The fourth-order valence-electron chi connectivity index (χ4n) is 10.1. The molecule has 3 saturated carbocycles. The lowest BCUT2D eigenvalue weighted by Crippen LogP contribution is -2.55. The Kier molecular flexibility index (Phi) is 14.2. The molecule has 1 heterocycles. The number of anilines is 1. The van der Waals surface area contributed by atoms with Gasteiger partial charge in [-0.2, -0.15) is 5.06 Å². The number of amides is 1. The summed E-state index contributed by atoms with van der Waals surface area (Å²) in [6.45, 7) is 14.0. The molecule has 0 radical (unpaired) electrons. The molecule has 55 heavy (non-hydrogen) atoms. The van der Waals surface area contributed by atoms with Crippen molar-refractivity contribution in [2.45, 2.75) is 111 Å². The van der Waals surface area contributed by atoms with Gasteiger partial charge in [-0.3, -0.25) is 14.4 Å². The summed E-state index contributed by atoms with van der Waals surface area (Å²) in [6, 6.07) is 11.1. The van der Waals surface area contributed by atoms with E-state index in [2.05, 4.69) is 50.9 Å². The summed E-state index contributed by atoms with van der Waals surface area (Å²) < 4.78 is 6.11. The van der Waals surface area contributed by atoms with Crippen molar-refractivity contribution in [3.05, 3.63) is 47.5 Å². The summed E-state index contributed by atoms with van der Waals surface area (Å²) in [5, 5.41) is 26.3. The van der Waals surface area contributed by atoms with E-state index in [0.717, 1.165) is 54.1 Å². The van der Waals surface area contributed by atoms with Crippen molar-refractivity contribution in [3.8, 4) is 16.9 Å². The van der Waals surface area contributed by atoms with Gasteiger partial charge in [0.25, 0.3) is 5.91 Å². The van der Waals surface area contributed by atoms with Crippen molar-refractivity contribution in [2.24, 2.45) is 40.9 Å². The maximum absolute atomic E-state index is 14.3. The van der Waals surface area contributed by atoms with E-state index in [1.54, 1.807) is 19.1 Å². The lowest BCUT2D eigenvalue weighted by Gasteiger charge is -2.62. The molecule has 0 unspecified atom stereocenters. The van der Waals surface area contributed by atoms with Crippen molar-refractivity contribution < 1.29 is 29.4 Å². The molecule has 3 aliphatic carbocycles. The molecule has 2 aromatic carbocycles. The van der Waals surface area contributed by atoms with Gasteiger partial charge in [0, 0.05) is 54.9 Å². The second-order valence-electron chi connectivity index (χ2n) is 18.4. The van der Waals surface area contributed by atoms with Crippen LogP contribution in [0, 0.1) is 40.9 Å². The number of ketones is 1. The molecule has 4 aliphatic rings. The summed E-state index contributed by atoms with van der Waals surface area (Å²) >= 11 is 0. The lowest BCUT2D eigenvalue weighted by atomic mass is 9.43. The van der Waals surface area contributed by atoms with Gasteiger partial charge in [-0.05, 0) is 118 Å². The van der Waals surface area contributed by atoms with Crippen molar-refractivity contribution in [2.75, 3.05) is 53.4 Å². The largest absolute Gasteiger partial charge is 0.496 e. The summed E-state index contributed by atoms with van der Waals surface area (Å²) in [7, 11) is 9.65. The Labute approximate surface area is 330 Å². The molecule has 1 amide bonds. The number of methoxy groups -OCH3 is 1. The van der Waals surface area contributed by atoms with Crippen LogP contribution in [0.1, 0.15) is 96.0 Å². The number of Topliss-reactive ketones (excluding diaryl/α,β-unsaturated/α-hetero) is 1. The van der Waals surface area contributed by atoms with Gasteiger partial charge in [0.05, 0.1) is 26.4 Å². The highest BCUT2D eigenvalue weighted by Crippen LogP contribution is 2.63. The minimum absolute atomic E-state index is 0.0402. The summed E-state index contributed by atoms with van der Waals surface area (Å²) in [6.07, 6.45) is 3.90. The number of hydrogen-bond acceptors (Lipinski definition) is 9. The Morgan fingerprint density at radius 2 is 1.82 bits per heavy atom. The molecule has 9 atom stereocenters. The van der Waals surface area contributed by atoms with E-state index in [1.165, 1.54) is 12.8 Å². The highest BCUT2D eigenvalue weighted by Gasteiger charge is 2.56. The van der Waals surface area contributed by atoms with E-state index in [1.807, 2.05) is 63.4 Å². The number of benzene rings is 2. The van der Waals surface area contributed by atoms with Gasteiger partial charge in [-0.15, -0.1) is 0 Å². The first-order valence-corrected chi connectivity index (χ1v) is 20.7. The van der Waals surface area contributed by atoms with E-state index in [4.69, 9.17) is 9.57 Å². The standard InChI is InChI=1S/C45H70N4O6/c1-27(2)19-35(17-18-47(7)8)46-44(53)33-20-32(22-36(23-33)48(9)10)37-14-12-13-31(43(37)54-11)25-49-42(41(29(4)51)40(26-50)55-49)39(52)16-15-30-21-34-24-38(28(30)3)45(34,5)6/h12-14,20,22-23,27-30,34-35,38,40-42,50-51H,15-19,21,24-26H2,1-11H3,(H,46,53)/t28-,29+,30+,34+,35-,38+,40+,41-,42-/m1/s1. The number of fused-ring (bicyclic) bond motifs is 2. The second-order valence-corrected chi connectivity index (χ2v) is 18.4. The zero-order valence-electron chi connectivity index (χ0n) is 35.5. The highest BCUT2D eigenvalue weighted by molar-refractivity contribution is 5.97. The Morgan fingerprint density at radius 3 is 2.40 bits per heavy atom. The second kappa shape index (κ2) is 18.1. The molecule has 10 nitrogen and oxygen atoms in total. The number of ether oxygens (including phenoxy) is 1. The predicted molar refractivity (Wildman–Crippen MR) is 220 cm³/mol. The number of para-hydroxylation sites is 1. The predicted octanol–water partition coefficient (Wildman–Crippen LogP) is 6.67. The summed E-state index contributed by atoms with van der Waals surface area (Å²) in [4.78, 5) is 38.6. The third-order valence-electron chi connectivity index (χ3n) is 13.4. The van der Waals surface area contributed by atoms with Gasteiger partial charge >= 0.3 is 0 Å². The third-order valence-corrected chi connectivity index (χ3v) is 13.4. The highest BCUT2D eigenvalue weighted by atomic mass is 16.7. The van der Waals surface area contributed by atoms with Crippen LogP contribution in [0.2, 0.25) is 0 Å². The maximum Gasteiger partial charge on any atom is 0.251 e. The van der Waals surface area contributed by atoms with Crippen LogP contribution < -0.4 is 15.0 Å². The average Bonchev–Trinajstić information content (AvgIpc) is 3.51. The number of carbonyl (C=O) groups excluding carboxylic acids is 2. The molecule has 1 aliphatic heterocycles. The average molecular weight is 763 g/mol. The minimum atomic E-state index is -0.854. The van der Waals surface area contributed by atoms with Crippen molar-refractivity contribution in [3.63, 3.8) is 0 Å². The van der Waals surface area contributed by atoms with E-state index in [-0.39, 0.29) is 30.9 Å². The van der Waals surface area contributed by atoms with Crippen LogP contribution in [0.5, 0.6) is 5.75 Å². The molecule has 4 fully saturated rings. The molecule has 2 bridgehead atoms. The van der Waals surface area contributed by atoms with Gasteiger partial charge in [-0.25, -0.2) is 0 Å². The van der Waals surface area contributed by atoms with E-state index >= 15 is 0 Å². The third kappa shape index (κ3) is 9.58. The molecular formula is C45H70N4O6. The Hall–Kier alpha value is -3.02. The van der Waals surface area contributed by atoms with Gasteiger partial charge in [0.15, 0.2) is 5.78 Å². The monoisotopic (exact) mass is 763 g/mol. The van der Waals surface area contributed by atoms with Gasteiger partial charge in [0.2, 0.25) is 0 Å². The number of aliphatic hydroxyl groups is 2. The van der Waals surface area contributed by atoms with Crippen LogP contribution >= 0.6 is 0 Å². The molecule has 0 aromatic heterocycles. The first-order valence-electron chi connectivity index (χ1n) is 20.7. The van der Waals surface area contributed by atoms with Crippen LogP contribution in [-0.2, 0) is 16.2 Å². The molecule has 2 aromatic rings. The van der Waals surface area contributed by atoms with Gasteiger partial charge in [0.1, 0.15) is 17.9 Å². The first kappa shape index (κ1) is 43.1. The van der Waals surface area contributed by atoms with Crippen LogP contribution in [0.3, 0.4) is 0 Å². The number of hydroxylamine groups is 2. The quantitative estimate of drug-likeness (QED) is 0.153. The van der Waals surface area contributed by atoms with Gasteiger partial charge in [-0.1, -0.05) is 52.8 Å². The molecule has 10 heteroatoms. The number of nitrogens with one attached hydrogen (secondary N) is 1. The number of hydrogen-bond donors (Lipinski definition) is 3. The topological polar surface area (TPSA) is 115 Å². The first-order chi connectivity index (χ1) is 26.0. The van der Waals surface area contributed by atoms with Gasteiger partial charge < -0.3 is 30.1 Å². The number of rotatable bonds is 18. The summed E-state index contributed by atoms with van der Waals surface area (Å²) in [5.41, 5.74) is 4.28. The Morgan fingerprint density at radius 1 is 1.09 bits per heavy atom. The van der Waals surface area contributed by atoms with Crippen molar-refractivity contribution in [1.29, 1.82) is 0 Å². The van der Waals surface area contributed by atoms with Crippen LogP contribution in [-0.4, -0.2) is 105 Å². The van der Waals surface area contributed by atoms with E-state index < -0.39 is 24.2 Å². The number of nitrogens with zero attached hydrogens (tertiary/aromatic N) is 3. The molecule has 0 spiro atoms. The van der Waals surface area contributed by atoms with Crippen LogP contribution in [0.15, 0.2) is 36.4 Å². The molecule has 6 rings (SSSR count). The lowest BCUT2D eigenvalue weighted by molar-refractivity contribution is -0.181. The SMILES string of the molecule is COc1c(CN2O[C@@H](CO)[C@@H]([C@H](C)O)[C@H]2C(=O)CC[C@H]2C[C@H]3C[C@@H]([C@@H]2C)C3(C)C)cccc1-c1cc(C(=O)N[C@H](CCN(C)C)CC(C)C)cc(N(C)C)c1. The van der Waals surface area contributed by atoms with Crippen LogP contribution in [0.4, 0.5) is 5.69 Å². The Bertz CT molecular complexity index is 1620. The number of aliphatic hydroxyl groups excluding tert-OH is 2. The van der Waals surface area contributed by atoms with E-state index in [0.29, 0.717) is 46.8 Å². The smallest absolute Gasteiger partial charge is 0.251 e. The minimum Gasteiger partial charge on any atom is -0.496 e. The molecule has 3 N–H and O–H groups in total. The fraction of sp³-hybridized carbons (Fsp3) is 0.689. The molecule has 306 valence electrons. The van der Waals surface area contributed by atoms with E-state index in [9.17, 15) is 19.8 Å². The summed E-state index contributed by atoms with van der Waals surface area (Å²) in [5.74, 6) is 2.94. The molecular weight excluding hydrogens is 693 g/mol. The Balaban J connectivity index is 1.41. The van der Waals surface area contributed by atoms with Crippen molar-refractivity contribution in [1.82, 2.24) is 15.3 Å². The zero-order valence-corrected chi connectivity index (χ0v) is 35.5. The zero-order chi connectivity index (χ0) is 40.4. The molecule has 1 saturated heterocycles. The fourth-order valence-corrected chi connectivity index (χ4v) is 10.1. The van der Waals surface area contributed by atoms with Crippen LogP contribution in [0.25, 0.3) is 11.1 Å². The number of carbonyl (C=O) groups is 2.